The third kappa shape index (κ3) is 4.09. The van der Waals surface area contributed by atoms with Gasteiger partial charge in [0.25, 0.3) is 0 Å². The maximum atomic E-state index is 13.6. The SMILES string of the molecule is Fc1cccc(Cn2cnc3ccc(-c4cc(N[C@H]5CN6CCC5CC6)ncc4Cl)cc32)c1. The van der Waals surface area contributed by atoms with Gasteiger partial charge in [-0.25, -0.2) is 14.4 Å². The van der Waals surface area contributed by atoms with Crippen molar-refractivity contribution in [2.24, 2.45) is 5.92 Å². The summed E-state index contributed by atoms with van der Waals surface area (Å²) in [5.74, 6) is 1.34. The van der Waals surface area contributed by atoms with Crippen LogP contribution < -0.4 is 5.32 Å². The second kappa shape index (κ2) is 8.43. The Balaban J connectivity index is 1.30. The Morgan fingerprint density at radius 2 is 1.94 bits per heavy atom. The fourth-order valence-corrected chi connectivity index (χ4v) is 5.45. The normalized spacial score (nSPS) is 22.1. The van der Waals surface area contributed by atoms with Gasteiger partial charge < -0.3 is 14.8 Å². The Labute approximate surface area is 197 Å². The highest BCUT2D eigenvalue weighted by Crippen LogP contribution is 2.34. The quantitative estimate of drug-likeness (QED) is 0.429. The van der Waals surface area contributed by atoms with Crippen molar-refractivity contribution in [1.29, 1.82) is 0 Å². The molecule has 0 unspecified atom stereocenters. The van der Waals surface area contributed by atoms with Crippen LogP contribution in [0.3, 0.4) is 0 Å². The predicted octanol–water partition coefficient (Wildman–Crippen LogP) is 5.45. The minimum absolute atomic E-state index is 0.232. The minimum atomic E-state index is -0.232. The molecule has 7 rings (SSSR count). The van der Waals surface area contributed by atoms with Crippen molar-refractivity contribution < 1.29 is 4.39 Å². The van der Waals surface area contributed by atoms with E-state index in [1.54, 1.807) is 24.7 Å². The molecule has 3 aliphatic rings. The van der Waals surface area contributed by atoms with Gasteiger partial charge in [-0.1, -0.05) is 29.8 Å². The molecule has 0 spiro atoms. The minimum Gasteiger partial charge on any atom is -0.366 e. The van der Waals surface area contributed by atoms with Gasteiger partial charge in [0.05, 0.1) is 22.4 Å². The molecule has 2 aromatic heterocycles. The Kier molecular flexibility index (Phi) is 5.27. The first-order valence-corrected chi connectivity index (χ1v) is 11.8. The van der Waals surface area contributed by atoms with Crippen LogP contribution in [-0.4, -0.2) is 45.1 Å². The highest BCUT2D eigenvalue weighted by Gasteiger charge is 2.34. The Hall–Kier alpha value is -2.96. The van der Waals surface area contributed by atoms with Gasteiger partial charge in [0.15, 0.2) is 0 Å². The van der Waals surface area contributed by atoms with E-state index in [9.17, 15) is 4.39 Å². The molecule has 1 N–H and O–H groups in total. The van der Waals surface area contributed by atoms with E-state index in [1.807, 2.05) is 28.8 Å². The van der Waals surface area contributed by atoms with Crippen LogP contribution in [0.2, 0.25) is 5.02 Å². The smallest absolute Gasteiger partial charge is 0.126 e. The summed E-state index contributed by atoms with van der Waals surface area (Å²) in [6.07, 6.45) is 6.04. The van der Waals surface area contributed by atoms with Crippen LogP contribution in [0, 0.1) is 11.7 Å². The summed E-state index contributed by atoms with van der Waals surface area (Å²) >= 11 is 6.59. The number of anilines is 1. The summed E-state index contributed by atoms with van der Waals surface area (Å²) in [6, 6.07) is 15.3. The fraction of sp³-hybridized carbons (Fsp3) is 0.308. The van der Waals surface area contributed by atoms with E-state index in [-0.39, 0.29) is 5.82 Å². The van der Waals surface area contributed by atoms with E-state index in [0.29, 0.717) is 23.5 Å². The molecular formula is C26H25ClFN5. The van der Waals surface area contributed by atoms with Crippen LogP contribution >= 0.6 is 11.6 Å². The number of nitrogens with one attached hydrogen (secondary N) is 1. The van der Waals surface area contributed by atoms with Crippen LogP contribution in [-0.2, 0) is 6.54 Å². The molecule has 168 valence electrons. The van der Waals surface area contributed by atoms with Gasteiger partial charge in [0.2, 0.25) is 0 Å². The summed E-state index contributed by atoms with van der Waals surface area (Å²) in [7, 11) is 0. The maximum absolute atomic E-state index is 13.6. The van der Waals surface area contributed by atoms with E-state index >= 15 is 0 Å². The number of hydrogen-bond donors (Lipinski definition) is 1. The summed E-state index contributed by atoms with van der Waals surface area (Å²) in [5.41, 5.74) is 4.72. The van der Waals surface area contributed by atoms with E-state index < -0.39 is 0 Å². The second-order valence-electron chi connectivity index (χ2n) is 9.14. The Bertz CT molecular complexity index is 1310. The van der Waals surface area contributed by atoms with Gasteiger partial charge in [-0.15, -0.1) is 0 Å². The molecule has 5 heterocycles. The molecule has 7 heteroatoms. The first-order chi connectivity index (χ1) is 16.1. The monoisotopic (exact) mass is 461 g/mol. The van der Waals surface area contributed by atoms with Gasteiger partial charge in [-0.3, -0.25) is 0 Å². The summed E-state index contributed by atoms with van der Waals surface area (Å²) in [6.45, 7) is 4.06. The largest absolute Gasteiger partial charge is 0.366 e. The van der Waals surface area contributed by atoms with E-state index in [4.69, 9.17) is 11.6 Å². The number of nitrogens with zero attached hydrogens (tertiary/aromatic N) is 4. The molecule has 3 aliphatic heterocycles. The number of aromatic nitrogens is 3. The molecule has 2 bridgehead atoms. The van der Waals surface area contributed by atoms with Gasteiger partial charge in [-0.05, 0) is 73.3 Å². The fourth-order valence-electron chi connectivity index (χ4n) is 5.24. The number of fused-ring (bicyclic) bond motifs is 4. The zero-order chi connectivity index (χ0) is 22.4. The first-order valence-electron chi connectivity index (χ1n) is 11.5. The number of imidazole rings is 1. The Morgan fingerprint density at radius 3 is 2.73 bits per heavy atom. The van der Waals surface area contributed by atoms with Crippen molar-refractivity contribution in [1.82, 2.24) is 19.4 Å². The van der Waals surface area contributed by atoms with Crippen LogP contribution in [0.5, 0.6) is 0 Å². The molecule has 0 radical (unpaired) electrons. The lowest BCUT2D eigenvalue weighted by Crippen LogP contribution is -2.53. The first kappa shape index (κ1) is 20.6. The van der Waals surface area contributed by atoms with E-state index in [2.05, 4.69) is 26.3 Å². The number of halogens is 2. The molecule has 0 aliphatic carbocycles. The highest BCUT2D eigenvalue weighted by molar-refractivity contribution is 6.33. The van der Waals surface area contributed by atoms with Crippen molar-refractivity contribution in [2.45, 2.75) is 25.4 Å². The number of benzene rings is 2. The van der Waals surface area contributed by atoms with Crippen LogP contribution in [0.4, 0.5) is 10.2 Å². The zero-order valence-electron chi connectivity index (χ0n) is 18.2. The molecule has 1 atom stereocenters. The lowest BCUT2D eigenvalue weighted by Gasteiger charge is -2.45. The van der Waals surface area contributed by atoms with Gasteiger partial charge in [0, 0.05) is 30.9 Å². The highest BCUT2D eigenvalue weighted by atomic mass is 35.5. The molecule has 4 aromatic rings. The topological polar surface area (TPSA) is 46.0 Å². The van der Waals surface area contributed by atoms with Crippen molar-refractivity contribution in [3.8, 4) is 11.1 Å². The third-order valence-corrected chi connectivity index (χ3v) is 7.32. The van der Waals surface area contributed by atoms with Gasteiger partial charge in [0.1, 0.15) is 11.6 Å². The summed E-state index contributed by atoms with van der Waals surface area (Å²) < 4.78 is 15.7. The van der Waals surface area contributed by atoms with Crippen molar-refractivity contribution in [3.63, 3.8) is 0 Å². The molecule has 3 fully saturated rings. The summed E-state index contributed by atoms with van der Waals surface area (Å²) in [4.78, 5) is 11.6. The van der Waals surface area contributed by atoms with Crippen molar-refractivity contribution >= 4 is 28.5 Å². The molecule has 0 amide bonds. The standard InChI is InChI=1S/C26H25ClFN5/c27-22-13-29-26(31-24-15-32-8-6-18(24)7-9-32)12-21(22)19-4-5-23-25(11-19)33(16-30-23)14-17-2-1-3-20(28)10-17/h1-5,10-13,16,18,24H,6-9,14-15H2,(H,29,31)/t24-/m0/s1. The van der Waals surface area contributed by atoms with Crippen LogP contribution in [0.25, 0.3) is 22.2 Å². The summed E-state index contributed by atoms with van der Waals surface area (Å²) in [5, 5.41) is 4.28. The van der Waals surface area contributed by atoms with Gasteiger partial charge >= 0.3 is 0 Å². The molecular weight excluding hydrogens is 437 g/mol. The molecule has 2 aromatic carbocycles. The second-order valence-corrected chi connectivity index (χ2v) is 9.55. The van der Waals surface area contributed by atoms with Crippen molar-refractivity contribution in [3.05, 3.63) is 77.5 Å². The van der Waals surface area contributed by atoms with E-state index in [1.165, 1.54) is 32.0 Å². The lowest BCUT2D eigenvalue weighted by atomic mass is 9.84. The number of hydrogen-bond acceptors (Lipinski definition) is 4. The average molecular weight is 462 g/mol. The molecule has 0 saturated carbocycles. The number of piperidine rings is 3. The maximum Gasteiger partial charge on any atom is 0.126 e. The third-order valence-electron chi connectivity index (χ3n) is 7.02. The Morgan fingerprint density at radius 1 is 1.06 bits per heavy atom. The van der Waals surface area contributed by atoms with Gasteiger partial charge in [-0.2, -0.15) is 0 Å². The number of pyridine rings is 1. The zero-order valence-corrected chi connectivity index (χ0v) is 19.0. The number of rotatable bonds is 5. The van der Waals surface area contributed by atoms with E-state index in [0.717, 1.165) is 40.1 Å². The lowest BCUT2D eigenvalue weighted by molar-refractivity contribution is 0.0974. The van der Waals surface area contributed by atoms with Crippen LogP contribution in [0.1, 0.15) is 18.4 Å². The molecule has 3 saturated heterocycles. The molecule has 5 nitrogen and oxygen atoms in total. The predicted molar refractivity (Wildman–Crippen MR) is 130 cm³/mol. The molecule has 33 heavy (non-hydrogen) atoms. The average Bonchev–Trinajstić information content (AvgIpc) is 3.23. The van der Waals surface area contributed by atoms with Crippen molar-refractivity contribution in [2.75, 3.05) is 25.0 Å². The van der Waals surface area contributed by atoms with Crippen LogP contribution in [0.15, 0.2) is 61.1 Å².